The zero-order valence-electron chi connectivity index (χ0n) is 17.1. The maximum absolute atomic E-state index is 13.3. The van der Waals surface area contributed by atoms with Crippen LogP contribution in [0.4, 0.5) is 11.4 Å². The van der Waals surface area contributed by atoms with Crippen molar-refractivity contribution in [3.8, 4) is 0 Å². The summed E-state index contributed by atoms with van der Waals surface area (Å²) in [6, 6.07) is 17.9. The second-order valence-corrected chi connectivity index (χ2v) is 7.60. The molecular formula is C24H30N2O2. The number of carbonyl (C=O) groups excluding carboxylic acids is 2. The molecule has 0 radical (unpaired) electrons. The van der Waals surface area contributed by atoms with Gasteiger partial charge in [0.05, 0.1) is 6.04 Å². The molecule has 0 N–H and O–H groups in total. The van der Waals surface area contributed by atoms with E-state index in [0.717, 1.165) is 42.6 Å². The number of nitrogens with zero attached hydrogens (tertiary/aromatic N) is 2. The third-order valence-electron chi connectivity index (χ3n) is 5.51. The van der Waals surface area contributed by atoms with Gasteiger partial charge in [0.1, 0.15) is 0 Å². The first-order valence-electron chi connectivity index (χ1n) is 10.3. The van der Waals surface area contributed by atoms with E-state index >= 15 is 0 Å². The molecule has 4 heteroatoms. The number of anilines is 2. The highest BCUT2D eigenvalue weighted by Crippen LogP contribution is 2.42. The lowest BCUT2D eigenvalue weighted by atomic mass is 9.89. The Bertz CT molecular complexity index is 818. The predicted octanol–water partition coefficient (Wildman–Crippen LogP) is 5.49. The topological polar surface area (TPSA) is 40.6 Å². The zero-order valence-corrected chi connectivity index (χ0v) is 17.1. The number of hydrogen-bond donors (Lipinski definition) is 0. The van der Waals surface area contributed by atoms with E-state index < -0.39 is 0 Å². The average Bonchev–Trinajstić information content (AvgIpc) is 2.69. The van der Waals surface area contributed by atoms with Gasteiger partial charge in [-0.05, 0) is 43.5 Å². The van der Waals surface area contributed by atoms with Gasteiger partial charge in [-0.2, -0.15) is 0 Å². The van der Waals surface area contributed by atoms with Gasteiger partial charge < -0.3 is 9.80 Å². The fourth-order valence-corrected chi connectivity index (χ4v) is 4.24. The number of carbonyl (C=O) groups is 2. The molecule has 2 aromatic rings. The molecule has 0 aliphatic carbocycles. The SMILES string of the molecule is CCCCCC(=O)N(c1ccccc1)[C@H]1C[C@@H](C)N(C(C)=O)c2ccccc21. The molecular weight excluding hydrogens is 348 g/mol. The van der Waals surface area contributed by atoms with Gasteiger partial charge in [-0.3, -0.25) is 9.59 Å². The van der Waals surface area contributed by atoms with Crippen LogP contribution in [0.2, 0.25) is 0 Å². The number of rotatable bonds is 6. The van der Waals surface area contributed by atoms with Crippen molar-refractivity contribution >= 4 is 23.2 Å². The Morgan fingerprint density at radius 3 is 2.39 bits per heavy atom. The second kappa shape index (κ2) is 9.05. The first kappa shape index (κ1) is 20.1. The maximum Gasteiger partial charge on any atom is 0.227 e. The molecule has 0 spiro atoms. The molecule has 0 saturated carbocycles. The van der Waals surface area contributed by atoms with Gasteiger partial charge in [-0.25, -0.2) is 0 Å². The van der Waals surface area contributed by atoms with Crippen LogP contribution in [0.15, 0.2) is 54.6 Å². The first-order chi connectivity index (χ1) is 13.5. The number of amides is 2. The number of unbranched alkanes of at least 4 members (excludes halogenated alkanes) is 2. The van der Waals surface area contributed by atoms with Crippen molar-refractivity contribution in [2.24, 2.45) is 0 Å². The molecule has 0 aromatic heterocycles. The summed E-state index contributed by atoms with van der Waals surface area (Å²) >= 11 is 0. The van der Waals surface area contributed by atoms with E-state index in [1.807, 2.05) is 58.3 Å². The summed E-state index contributed by atoms with van der Waals surface area (Å²) in [6.07, 6.45) is 4.33. The standard InChI is InChI=1S/C24H30N2O2/c1-4-5-7-16-24(28)26(20-12-8-6-9-13-20)23-17-18(2)25(19(3)27)22-15-11-10-14-21(22)23/h6,8-15,18,23H,4-5,7,16-17H2,1-3H3/t18-,23+/m1/s1. The second-order valence-electron chi connectivity index (χ2n) is 7.60. The van der Waals surface area contributed by atoms with Crippen LogP contribution in [0.25, 0.3) is 0 Å². The largest absolute Gasteiger partial charge is 0.309 e. The molecule has 1 aliphatic rings. The predicted molar refractivity (Wildman–Crippen MR) is 114 cm³/mol. The highest BCUT2D eigenvalue weighted by Gasteiger charge is 2.37. The molecule has 1 heterocycles. The van der Waals surface area contributed by atoms with E-state index in [1.54, 1.807) is 6.92 Å². The van der Waals surface area contributed by atoms with Crippen LogP contribution in [0.1, 0.15) is 64.5 Å². The molecule has 0 fully saturated rings. The van der Waals surface area contributed by atoms with E-state index in [0.29, 0.717) is 6.42 Å². The highest BCUT2D eigenvalue weighted by atomic mass is 16.2. The van der Waals surface area contributed by atoms with Gasteiger partial charge in [0, 0.05) is 30.8 Å². The quantitative estimate of drug-likeness (QED) is 0.624. The normalized spacial score (nSPS) is 18.5. The van der Waals surface area contributed by atoms with Gasteiger partial charge in [-0.15, -0.1) is 0 Å². The van der Waals surface area contributed by atoms with Gasteiger partial charge in [-0.1, -0.05) is 56.2 Å². The van der Waals surface area contributed by atoms with E-state index in [4.69, 9.17) is 0 Å². The van der Waals surface area contributed by atoms with Gasteiger partial charge >= 0.3 is 0 Å². The summed E-state index contributed by atoms with van der Waals surface area (Å²) in [7, 11) is 0. The van der Waals surface area contributed by atoms with Crippen LogP contribution in [0.5, 0.6) is 0 Å². The third-order valence-corrected chi connectivity index (χ3v) is 5.51. The summed E-state index contributed by atoms with van der Waals surface area (Å²) in [5.74, 6) is 0.196. The van der Waals surface area contributed by atoms with Crippen molar-refractivity contribution in [1.82, 2.24) is 0 Å². The van der Waals surface area contributed by atoms with Crippen molar-refractivity contribution in [3.63, 3.8) is 0 Å². The molecule has 0 bridgehead atoms. The van der Waals surface area contributed by atoms with E-state index in [1.165, 1.54) is 0 Å². The van der Waals surface area contributed by atoms with Crippen LogP contribution in [0, 0.1) is 0 Å². The minimum atomic E-state index is -0.0710. The molecule has 0 unspecified atom stereocenters. The fourth-order valence-electron chi connectivity index (χ4n) is 4.24. The Morgan fingerprint density at radius 2 is 1.71 bits per heavy atom. The van der Waals surface area contributed by atoms with E-state index in [-0.39, 0.29) is 23.9 Å². The Labute approximate surface area is 168 Å². The minimum Gasteiger partial charge on any atom is -0.309 e. The first-order valence-corrected chi connectivity index (χ1v) is 10.3. The van der Waals surface area contributed by atoms with Gasteiger partial charge in [0.2, 0.25) is 11.8 Å². The third kappa shape index (κ3) is 4.11. The molecule has 1 aliphatic heterocycles. The Kier molecular flexibility index (Phi) is 6.50. The monoisotopic (exact) mass is 378 g/mol. The molecule has 2 atom stereocenters. The van der Waals surface area contributed by atoms with Crippen molar-refractivity contribution in [2.75, 3.05) is 9.80 Å². The van der Waals surface area contributed by atoms with Gasteiger partial charge in [0.25, 0.3) is 0 Å². The van der Waals surface area contributed by atoms with Crippen LogP contribution >= 0.6 is 0 Å². The Balaban J connectivity index is 2.03. The lowest BCUT2D eigenvalue weighted by Gasteiger charge is -2.43. The maximum atomic E-state index is 13.3. The summed E-state index contributed by atoms with van der Waals surface area (Å²) in [6.45, 7) is 5.82. The van der Waals surface area contributed by atoms with Crippen LogP contribution < -0.4 is 9.80 Å². The molecule has 0 saturated heterocycles. The fraction of sp³-hybridized carbons (Fsp3) is 0.417. The summed E-state index contributed by atoms with van der Waals surface area (Å²) < 4.78 is 0. The Morgan fingerprint density at radius 1 is 1.04 bits per heavy atom. The van der Waals surface area contributed by atoms with Crippen molar-refractivity contribution in [1.29, 1.82) is 0 Å². The number of fused-ring (bicyclic) bond motifs is 1. The number of hydrogen-bond acceptors (Lipinski definition) is 2. The smallest absolute Gasteiger partial charge is 0.227 e. The van der Waals surface area contributed by atoms with E-state index in [9.17, 15) is 9.59 Å². The highest BCUT2D eigenvalue weighted by molar-refractivity contribution is 5.97. The summed E-state index contributed by atoms with van der Waals surface area (Å²) in [4.78, 5) is 29.4. The lowest BCUT2D eigenvalue weighted by Crippen LogP contribution is -2.47. The summed E-state index contributed by atoms with van der Waals surface area (Å²) in [5.41, 5.74) is 2.89. The average molecular weight is 379 g/mol. The van der Waals surface area contributed by atoms with Gasteiger partial charge in [0.15, 0.2) is 0 Å². The van der Waals surface area contributed by atoms with Crippen molar-refractivity contribution in [3.05, 3.63) is 60.2 Å². The molecule has 2 amide bonds. The minimum absolute atomic E-state index is 0.0343. The Hall–Kier alpha value is -2.62. The molecule has 148 valence electrons. The molecule has 4 nitrogen and oxygen atoms in total. The van der Waals surface area contributed by atoms with Crippen molar-refractivity contribution in [2.45, 2.75) is 65.0 Å². The molecule has 28 heavy (non-hydrogen) atoms. The van der Waals surface area contributed by atoms with Crippen LogP contribution in [-0.2, 0) is 9.59 Å². The molecule has 2 aromatic carbocycles. The number of para-hydroxylation sites is 2. The summed E-state index contributed by atoms with van der Waals surface area (Å²) in [5, 5.41) is 0. The number of benzene rings is 2. The van der Waals surface area contributed by atoms with Crippen molar-refractivity contribution < 1.29 is 9.59 Å². The van der Waals surface area contributed by atoms with Crippen LogP contribution in [-0.4, -0.2) is 17.9 Å². The lowest BCUT2D eigenvalue weighted by molar-refractivity contribution is -0.119. The zero-order chi connectivity index (χ0) is 20.1. The van der Waals surface area contributed by atoms with Crippen LogP contribution in [0.3, 0.4) is 0 Å². The molecule has 3 rings (SSSR count). The van der Waals surface area contributed by atoms with E-state index in [2.05, 4.69) is 19.9 Å².